The molecule has 2 N–H and O–H groups in total. The van der Waals surface area contributed by atoms with E-state index in [0.29, 0.717) is 18.5 Å². The number of pyridine rings is 1. The molecule has 1 rings (SSSR count). The fraction of sp³-hybridized carbons (Fsp3) is 0.615. The first-order valence-corrected chi connectivity index (χ1v) is 5.98. The van der Waals surface area contributed by atoms with Crippen LogP contribution in [0.15, 0.2) is 24.4 Å². The van der Waals surface area contributed by atoms with Crippen molar-refractivity contribution in [1.29, 1.82) is 0 Å². The summed E-state index contributed by atoms with van der Waals surface area (Å²) < 4.78 is 5.19. The smallest absolute Gasteiger partial charge is 0.0543 e. The van der Waals surface area contributed by atoms with Crippen molar-refractivity contribution < 1.29 is 4.74 Å². The van der Waals surface area contributed by atoms with Crippen molar-refractivity contribution in [2.45, 2.75) is 19.5 Å². The van der Waals surface area contributed by atoms with E-state index in [4.69, 9.17) is 10.5 Å². The summed E-state index contributed by atoms with van der Waals surface area (Å²) in [5, 5.41) is 0. The van der Waals surface area contributed by atoms with Gasteiger partial charge in [-0.15, -0.1) is 0 Å². The molecule has 4 nitrogen and oxygen atoms in total. The zero-order chi connectivity index (χ0) is 12.7. The third-order valence-electron chi connectivity index (χ3n) is 3.03. The normalized spacial score (nSPS) is 14.9. The molecule has 0 radical (unpaired) electrons. The van der Waals surface area contributed by atoms with Crippen LogP contribution in [0, 0.1) is 5.92 Å². The number of ether oxygens (including phenoxy) is 1. The lowest BCUT2D eigenvalue weighted by molar-refractivity contribution is 0.0947. The highest BCUT2D eigenvalue weighted by Gasteiger charge is 2.20. The Labute approximate surface area is 104 Å². The van der Waals surface area contributed by atoms with E-state index in [1.807, 2.05) is 24.4 Å². The molecule has 0 fully saturated rings. The average molecular weight is 237 g/mol. The zero-order valence-corrected chi connectivity index (χ0v) is 11.0. The molecule has 0 aliphatic carbocycles. The van der Waals surface area contributed by atoms with Gasteiger partial charge in [0.05, 0.1) is 12.3 Å². The maximum atomic E-state index is 5.84. The molecule has 0 aromatic carbocycles. The van der Waals surface area contributed by atoms with Crippen molar-refractivity contribution in [3.8, 4) is 0 Å². The molecule has 0 saturated heterocycles. The van der Waals surface area contributed by atoms with Gasteiger partial charge in [0.25, 0.3) is 0 Å². The average Bonchev–Trinajstić information content (AvgIpc) is 2.31. The quantitative estimate of drug-likeness (QED) is 0.772. The first-order chi connectivity index (χ1) is 8.19. The first kappa shape index (κ1) is 14.1. The molecule has 2 atom stereocenters. The van der Waals surface area contributed by atoms with E-state index in [1.165, 1.54) is 0 Å². The standard InChI is InChI=1S/C13H23N3O/c1-11(10-17-3)13(8-14)16(2)9-12-6-4-5-7-15-12/h4-7,11,13H,8-10,14H2,1-3H3. The molecule has 2 unspecified atom stereocenters. The number of hydrogen-bond acceptors (Lipinski definition) is 4. The highest BCUT2D eigenvalue weighted by atomic mass is 16.5. The van der Waals surface area contributed by atoms with Gasteiger partial charge < -0.3 is 10.5 Å². The van der Waals surface area contributed by atoms with Crippen molar-refractivity contribution in [2.75, 3.05) is 27.3 Å². The Kier molecular flexibility index (Phi) is 6.11. The lowest BCUT2D eigenvalue weighted by atomic mass is 10.0. The molecule has 0 spiro atoms. The van der Waals surface area contributed by atoms with Gasteiger partial charge >= 0.3 is 0 Å². The minimum atomic E-state index is 0.317. The van der Waals surface area contributed by atoms with E-state index in [2.05, 4.69) is 23.9 Å². The Morgan fingerprint density at radius 3 is 2.76 bits per heavy atom. The fourth-order valence-electron chi connectivity index (χ4n) is 2.09. The predicted molar refractivity (Wildman–Crippen MR) is 69.6 cm³/mol. The number of likely N-dealkylation sites (N-methyl/N-ethyl adjacent to an activating group) is 1. The lowest BCUT2D eigenvalue weighted by Crippen LogP contribution is -2.43. The van der Waals surface area contributed by atoms with E-state index in [9.17, 15) is 0 Å². The minimum absolute atomic E-state index is 0.317. The molecular weight excluding hydrogens is 214 g/mol. The van der Waals surface area contributed by atoms with Gasteiger partial charge in [-0.05, 0) is 25.1 Å². The Hall–Kier alpha value is -0.970. The van der Waals surface area contributed by atoms with Crippen LogP contribution in [0.5, 0.6) is 0 Å². The molecule has 0 bridgehead atoms. The van der Waals surface area contributed by atoms with Gasteiger partial charge in [0.1, 0.15) is 0 Å². The van der Waals surface area contributed by atoms with Crippen molar-refractivity contribution in [2.24, 2.45) is 11.7 Å². The lowest BCUT2D eigenvalue weighted by Gasteiger charge is -2.31. The number of nitrogens with two attached hydrogens (primary N) is 1. The van der Waals surface area contributed by atoms with E-state index in [-0.39, 0.29) is 0 Å². The maximum absolute atomic E-state index is 5.84. The van der Waals surface area contributed by atoms with Gasteiger partial charge in [-0.2, -0.15) is 0 Å². The number of methoxy groups -OCH3 is 1. The molecule has 0 saturated carbocycles. The number of nitrogens with zero attached hydrogens (tertiary/aromatic N) is 2. The molecular formula is C13H23N3O. The molecule has 96 valence electrons. The largest absolute Gasteiger partial charge is 0.384 e. The summed E-state index contributed by atoms with van der Waals surface area (Å²) in [6, 6.07) is 6.28. The zero-order valence-electron chi connectivity index (χ0n) is 11.0. The molecule has 4 heteroatoms. The summed E-state index contributed by atoms with van der Waals surface area (Å²) in [6.45, 7) is 4.34. The van der Waals surface area contributed by atoms with Crippen LogP contribution in [0.4, 0.5) is 0 Å². The van der Waals surface area contributed by atoms with Gasteiger partial charge in [0.15, 0.2) is 0 Å². The Morgan fingerprint density at radius 1 is 1.47 bits per heavy atom. The number of hydrogen-bond donors (Lipinski definition) is 1. The fourth-order valence-corrected chi connectivity index (χ4v) is 2.09. The van der Waals surface area contributed by atoms with Crippen molar-refractivity contribution in [1.82, 2.24) is 9.88 Å². The summed E-state index contributed by atoms with van der Waals surface area (Å²) in [5.41, 5.74) is 6.91. The first-order valence-electron chi connectivity index (χ1n) is 5.98. The predicted octanol–water partition coefficient (Wildman–Crippen LogP) is 1.12. The van der Waals surface area contributed by atoms with Gasteiger partial charge in [0, 0.05) is 32.4 Å². The van der Waals surface area contributed by atoms with E-state index in [1.54, 1.807) is 7.11 Å². The Balaban J connectivity index is 2.57. The molecule has 1 heterocycles. The molecule has 0 aliphatic heterocycles. The highest BCUT2D eigenvalue weighted by molar-refractivity contribution is 5.03. The third-order valence-corrected chi connectivity index (χ3v) is 3.03. The van der Waals surface area contributed by atoms with Gasteiger partial charge in [0.2, 0.25) is 0 Å². The summed E-state index contributed by atoms with van der Waals surface area (Å²) in [4.78, 5) is 6.57. The van der Waals surface area contributed by atoms with Gasteiger partial charge in [-0.1, -0.05) is 13.0 Å². The van der Waals surface area contributed by atoms with E-state index in [0.717, 1.165) is 18.8 Å². The van der Waals surface area contributed by atoms with Crippen LogP contribution in [0.1, 0.15) is 12.6 Å². The SMILES string of the molecule is COCC(C)C(CN)N(C)Cc1ccccn1. The summed E-state index contributed by atoms with van der Waals surface area (Å²) >= 11 is 0. The summed E-state index contributed by atoms with van der Waals surface area (Å²) in [7, 11) is 3.81. The molecule has 0 amide bonds. The van der Waals surface area contributed by atoms with Crippen LogP contribution in [0.3, 0.4) is 0 Å². The van der Waals surface area contributed by atoms with Gasteiger partial charge in [-0.25, -0.2) is 0 Å². The second-order valence-electron chi connectivity index (χ2n) is 4.47. The van der Waals surface area contributed by atoms with Crippen LogP contribution in [0.2, 0.25) is 0 Å². The Morgan fingerprint density at radius 2 is 2.24 bits per heavy atom. The highest BCUT2D eigenvalue weighted by Crippen LogP contribution is 2.11. The molecule has 0 aliphatic rings. The summed E-state index contributed by atoms with van der Waals surface area (Å²) in [6.07, 6.45) is 1.82. The number of aromatic nitrogens is 1. The number of rotatable bonds is 7. The maximum Gasteiger partial charge on any atom is 0.0543 e. The second kappa shape index (κ2) is 7.37. The van der Waals surface area contributed by atoms with E-state index >= 15 is 0 Å². The van der Waals surface area contributed by atoms with E-state index < -0.39 is 0 Å². The monoisotopic (exact) mass is 237 g/mol. The molecule has 1 aromatic heterocycles. The van der Waals surface area contributed by atoms with Crippen molar-refractivity contribution >= 4 is 0 Å². The van der Waals surface area contributed by atoms with Crippen LogP contribution in [0.25, 0.3) is 0 Å². The summed E-state index contributed by atoms with van der Waals surface area (Å²) in [5.74, 6) is 0.415. The molecule has 1 aromatic rings. The van der Waals surface area contributed by atoms with Crippen LogP contribution in [-0.2, 0) is 11.3 Å². The van der Waals surface area contributed by atoms with Crippen LogP contribution < -0.4 is 5.73 Å². The molecule has 17 heavy (non-hydrogen) atoms. The van der Waals surface area contributed by atoms with Crippen LogP contribution in [-0.4, -0.2) is 43.2 Å². The Bertz CT molecular complexity index is 305. The van der Waals surface area contributed by atoms with Crippen molar-refractivity contribution in [3.05, 3.63) is 30.1 Å². The topological polar surface area (TPSA) is 51.4 Å². The van der Waals surface area contributed by atoms with Gasteiger partial charge in [-0.3, -0.25) is 9.88 Å². The van der Waals surface area contributed by atoms with Crippen LogP contribution >= 0.6 is 0 Å². The minimum Gasteiger partial charge on any atom is -0.384 e. The second-order valence-corrected chi connectivity index (χ2v) is 4.47. The third kappa shape index (κ3) is 4.42. The van der Waals surface area contributed by atoms with Crippen molar-refractivity contribution in [3.63, 3.8) is 0 Å².